The van der Waals surface area contributed by atoms with E-state index in [-0.39, 0.29) is 12.4 Å². The summed E-state index contributed by atoms with van der Waals surface area (Å²) in [6, 6.07) is 4.25. The molecular weight excluding hydrogens is 305 g/mol. The first-order valence-corrected chi connectivity index (χ1v) is 5.01. The van der Waals surface area contributed by atoms with E-state index in [0.29, 0.717) is 15.1 Å². The van der Waals surface area contributed by atoms with Crippen molar-refractivity contribution in [3.05, 3.63) is 33.3 Å². The lowest BCUT2D eigenvalue weighted by molar-refractivity contribution is -0.142. The molecule has 0 bridgehead atoms. The van der Waals surface area contributed by atoms with E-state index in [0.717, 1.165) is 0 Å². The Hall–Kier alpha value is -0.290. The molecule has 0 saturated carbocycles. The first-order chi connectivity index (χ1) is 6.56. The van der Waals surface area contributed by atoms with Crippen LogP contribution in [0.25, 0.3) is 0 Å². The van der Waals surface area contributed by atoms with Gasteiger partial charge in [-0.2, -0.15) is 0 Å². The van der Waals surface area contributed by atoms with Crippen LogP contribution >= 0.6 is 39.9 Å². The van der Waals surface area contributed by atoms with Gasteiger partial charge in [0.25, 0.3) is 0 Å². The maximum atomic E-state index is 11.1. The van der Waals surface area contributed by atoms with Crippen molar-refractivity contribution in [1.82, 2.24) is 0 Å². The lowest BCUT2D eigenvalue weighted by Crippen LogP contribution is -2.22. The number of nitrogens with two attached hydrogens (primary N) is 1. The molecule has 6 heteroatoms. The predicted octanol–water partition coefficient (Wildman–Crippen LogP) is 2.70. The number of benzene rings is 1. The number of carbonyl (C=O) groups is 1. The van der Waals surface area contributed by atoms with Crippen molar-refractivity contribution >= 4 is 45.9 Å². The Morgan fingerprint density at radius 1 is 1.60 bits per heavy atom. The lowest BCUT2D eigenvalue weighted by Gasteiger charge is -2.11. The molecule has 0 unspecified atom stereocenters. The average Bonchev–Trinajstić information content (AvgIpc) is 2.15. The lowest BCUT2D eigenvalue weighted by atomic mass is 10.1. The quantitative estimate of drug-likeness (QED) is 0.854. The van der Waals surface area contributed by atoms with Gasteiger partial charge in [0, 0.05) is 9.50 Å². The average molecular weight is 315 g/mol. The highest BCUT2D eigenvalue weighted by Gasteiger charge is 2.18. The van der Waals surface area contributed by atoms with Crippen molar-refractivity contribution in [2.75, 3.05) is 7.11 Å². The smallest absolute Gasteiger partial charge is 0.327 e. The third kappa shape index (κ3) is 3.65. The maximum absolute atomic E-state index is 11.1. The molecule has 3 nitrogen and oxygen atoms in total. The second-order valence-electron chi connectivity index (χ2n) is 2.67. The van der Waals surface area contributed by atoms with Crippen molar-refractivity contribution in [2.45, 2.75) is 6.04 Å². The SMILES string of the molecule is COC(=O)[C@H](N)c1ccc(Cl)cc1Br.Cl. The Kier molecular flexibility index (Phi) is 6.20. The van der Waals surface area contributed by atoms with E-state index < -0.39 is 12.0 Å². The minimum absolute atomic E-state index is 0. The van der Waals surface area contributed by atoms with Crippen molar-refractivity contribution in [3.63, 3.8) is 0 Å². The molecule has 84 valence electrons. The third-order valence-electron chi connectivity index (χ3n) is 1.75. The van der Waals surface area contributed by atoms with Crippen LogP contribution in [0.4, 0.5) is 0 Å². The van der Waals surface area contributed by atoms with Gasteiger partial charge >= 0.3 is 5.97 Å². The molecule has 15 heavy (non-hydrogen) atoms. The van der Waals surface area contributed by atoms with Gasteiger partial charge in [0.15, 0.2) is 0 Å². The number of ether oxygens (including phenoxy) is 1. The molecular formula is C9H10BrCl2NO2. The van der Waals surface area contributed by atoms with Gasteiger partial charge in [0.2, 0.25) is 0 Å². The highest BCUT2D eigenvalue weighted by molar-refractivity contribution is 9.10. The molecule has 0 aliphatic heterocycles. The minimum Gasteiger partial charge on any atom is -0.468 e. The van der Waals surface area contributed by atoms with Crippen LogP contribution in [0, 0.1) is 0 Å². The minimum atomic E-state index is -0.786. The van der Waals surface area contributed by atoms with Crippen molar-refractivity contribution in [2.24, 2.45) is 5.73 Å². The fourth-order valence-electron chi connectivity index (χ4n) is 1.01. The molecule has 0 aromatic heterocycles. The largest absolute Gasteiger partial charge is 0.468 e. The number of esters is 1. The van der Waals surface area contributed by atoms with Crippen LogP contribution in [0.1, 0.15) is 11.6 Å². The zero-order valence-corrected chi connectivity index (χ0v) is 11.0. The van der Waals surface area contributed by atoms with E-state index >= 15 is 0 Å². The van der Waals surface area contributed by atoms with Crippen LogP contribution in [0.5, 0.6) is 0 Å². The summed E-state index contributed by atoms with van der Waals surface area (Å²) in [7, 11) is 1.30. The van der Waals surface area contributed by atoms with Gasteiger partial charge in [-0.25, -0.2) is 0 Å². The van der Waals surface area contributed by atoms with Gasteiger partial charge in [-0.1, -0.05) is 33.6 Å². The molecule has 0 amide bonds. The molecule has 0 aliphatic carbocycles. The van der Waals surface area contributed by atoms with Gasteiger partial charge in [0.1, 0.15) is 6.04 Å². The van der Waals surface area contributed by atoms with Crippen molar-refractivity contribution < 1.29 is 9.53 Å². The standard InChI is InChI=1S/C9H9BrClNO2.ClH/c1-14-9(13)8(12)6-3-2-5(11)4-7(6)10;/h2-4,8H,12H2,1H3;1H/t8-;/m1./s1. The maximum Gasteiger partial charge on any atom is 0.327 e. The van der Waals surface area contributed by atoms with Crippen LogP contribution in [-0.2, 0) is 9.53 Å². The van der Waals surface area contributed by atoms with Crippen molar-refractivity contribution in [3.8, 4) is 0 Å². The van der Waals surface area contributed by atoms with Gasteiger partial charge in [-0.3, -0.25) is 4.79 Å². The third-order valence-corrected chi connectivity index (χ3v) is 2.67. The van der Waals surface area contributed by atoms with Crippen molar-refractivity contribution in [1.29, 1.82) is 0 Å². The highest BCUT2D eigenvalue weighted by atomic mass is 79.9. The summed E-state index contributed by atoms with van der Waals surface area (Å²) in [5, 5.41) is 0.581. The normalized spacial score (nSPS) is 11.5. The molecule has 1 aromatic carbocycles. The number of hydrogen-bond acceptors (Lipinski definition) is 3. The summed E-state index contributed by atoms with van der Waals surface area (Å²) in [5.74, 6) is -0.479. The number of halogens is 3. The summed E-state index contributed by atoms with van der Waals surface area (Å²) in [6.45, 7) is 0. The summed E-state index contributed by atoms with van der Waals surface area (Å²) >= 11 is 9.02. The Balaban J connectivity index is 0.00000196. The number of hydrogen-bond donors (Lipinski definition) is 1. The monoisotopic (exact) mass is 313 g/mol. The molecule has 0 heterocycles. The topological polar surface area (TPSA) is 52.3 Å². The first kappa shape index (κ1) is 14.7. The van der Waals surface area contributed by atoms with E-state index in [2.05, 4.69) is 20.7 Å². The number of rotatable bonds is 2. The van der Waals surface area contributed by atoms with E-state index in [4.69, 9.17) is 17.3 Å². The molecule has 0 saturated heterocycles. The molecule has 1 atom stereocenters. The number of methoxy groups -OCH3 is 1. The Labute approximate surface area is 107 Å². The summed E-state index contributed by atoms with van der Waals surface area (Å²) in [5.41, 5.74) is 6.31. The summed E-state index contributed by atoms with van der Waals surface area (Å²) < 4.78 is 5.23. The predicted molar refractivity (Wildman–Crippen MR) is 65.3 cm³/mol. The van der Waals surface area contributed by atoms with Crippen LogP contribution in [0.15, 0.2) is 22.7 Å². The van der Waals surface area contributed by atoms with Gasteiger partial charge < -0.3 is 10.5 Å². The molecule has 0 fully saturated rings. The molecule has 2 N–H and O–H groups in total. The van der Waals surface area contributed by atoms with E-state index in [1.54, 1.807) is 18.2 Å². The highest BCUT2D eigenvalue weighted by Crippen LogP contribution is 2.26. The van der Waals surface area contributed by atoms with Crippen LogP contribution < -0.4 is 5.73 Å². The van der Waals surface area contributed by atoms with Crippen LogP contribution in [-0.4, -0.2) is 13.1 Å². The van der Waals surface area contributed by atoms with E-state index in [9.17, 15) is 4.79 Å². The Morgan fingerprint density at radius 3 is 2.67 bits per heavy atom. The molecule has 1 rings (SSSR count). The van der Waals surface area contributed by atoms with Gasteiger partial charge in [-0.05, 0) is 17.7 Å². The molecule has 0 spiro atoms. The zero-order chi connectivity index (χ0) is 10.7. The zero-order valence-electron chi connectivity index (χ0n) is 7.87. The Morgan fingerprint density at radius 2 is 2.20 bits per heavy atom. The van der Waals surface area contributed by atoms with Crippen LogP contribution in [0.2, 0.25) is 5.02 Å². The summed E-state index contributed by atoms with van der Waals surface area (Å²) in [6.07, 6.45) is 0. The molecule has 1 aromatic rings. The van der Waals surface area contributed by atoms with Gasteiger partial charge in [0.05, 0.1) is 7.11 Å². The second kappa shape index (κ2) is 6.33. The van der Waals surface area contributed by atoms with Gasteiger partial charge in [-0.15, -0.1) is 12.4 Å². The summed E-state index contributed by atoms with van der Waals surface area (Å²) in [4.78, 5) is 11.1. The Bertz CT molecular complexity index is 360. The number of carbonyl (C=O) groups excluding carboxylic acids is 1. The van der Waals surface area contributed by atoms with E-state index in [1.807, 2.05) is 0 Å². The molecule has 0 radical (unpaired) electrons. The fourth-order valence-corrected chi connectivity index (χ4v) is 1.94. The molecule has 0 aliphatic rings. The van der Waals surface area contributed by atoms with E-state index in [1.165, 1.54) is 7.11 Å². The first-order valence-electron chi connectivity index (χ1n) is 3.84. The second-order valence-corrected chi connectivity index (χ2v) is 3.96. The fraction of sp³-hybridized carbons (Fsp3) is 0.222. The van der Waals surface area contributed by atoms with Crippen LogP contribution in [0.3, 0.4) is 0 Å².